The van der Waals surface area contributed by atoms with Crippen molar-refractivity contribution in [1.82, 2.24) is 0 Å². The van der Waals surface area contributed by atoms with Gasteiger partial charge in [-0.05, 0) is 38.8 Å². The summed E-state index contributed by atoms with van der Waals surface area (Å²) in [6, 6.07) is 12.7. The summed E-state index contributed by atoms with van der Waals surface area (Å²) in [4.78, 5) is 39.1. The number of hydrogen-bond acceptors (Lipinski definition) is 6. The Labute approximate surface area is 193 Å². The lowest BCUT2D eigenvalue weighted by Gasteiger charge is -2.46. The lowest BCUT2D eigenvalue weighted by atomic mass is 9.56. The number of hydrogen-bond donors (Lipinski definition) is 0. The Balaban J connectivity index is 1.79. The lowest BCUT2D eigenvalue weighted by molar-refractivity contribution is -0.148. The quantitative estimate of drug-likeness (QED) is 0.487. The van der Waals surface area contributed by atoms with Crippen molar-refractivity contribution in [3.63, 3.8) is 0 Å². The molecule has 4 rings (SSSR count). The highest BCUT2D eigenvalue weighted by Crippen LogP contribution is 2.65. The molecule has 2 bridgehead atoms. The molecule has 2 heterocycles. The molecule has 0 aromatic heterocycles. The predicted molar refractivity (Wildman–Crippen MR) is 122 cm³/mol. The molecule has 2 amide bonds. The van der Waals surface area contributed by atoms with Gasteiger partial charge in [0.15, 0.2) is 0 Å². The Hall–Kier alpha value is -3.24. The van der Waals surface area contributed by atoms with Crippen LogP contribution in [0.3, 0.4) is 0 Å². The van der Waals surface area contributed by atoms with Crippen molar-refractivity contribution in [1.29, 1.82) is 5.26 Å². The summed E-state index contributed by atoms with van der Waals surface area (Å²) in [7, 11) is 0. The fourth-order valence-corrected chi connectivity index (χ4v) is 5.90. The number of carbonyl (C=O) groups excluding carboxylic acids is 3. The van der Waals surface area contributed by atoms with Crippen molar-refractivity contribution in [2.45, 2.75) is 58.2 Å². The number of nitrogens with zero attached hydrogens (tertiary/aromatic N) is 2. The smallest absolute Gasteiger partial charge is 0.302 e. The maximum Gasteiger partial charge on any atom is 0.302 e. The zero-order chi connectivity index (χ0) is 24.0. The molecule has 0 aliphatic carbocycles. The molecular formula is C26H28N2O5. The first-order valence-electron chi connectivity index (χ1n) is 11.2. The summed E-state index contributed by atoms with van der Waals surface area (Å²) >= 11 is 0. The van der Waals surface area contributed by atoms with Crippen molar-refractivity contribution >= 4 is 34.7 Å². The molecular weight excluding hydrogens is 420 g/mol. The van der Waals surface area contributed by atoms with Crippen LogP contribution >= 0.6 is 0 Å². The van der Waals surface area contributed by atoms with Gasteiger partial charge in [-0.1, -0.05) is 31.2 Å². The minimum Gasteiger partial charge on any atom is -0.466 e. The first kappa shape index (κ1) is 22.9. The van der Waals surface area contributed by atoms with Crippen molar-refractivity contribution in [3.8, 4) is 6.07 Å². The average Bonchev–Trinajstić information content (AvgIpc) is 3.23. The molecule has 33 heavy (non-hydrogen) atoms. The minimum absolute atomic E-state index is 0.141. The molecule has 2 aliphatic heterocycles. The van der Waals surface area contributed by atoms with Crippen LogP contribution in [0.1, 0.15) is 52.5 Å². The van der Waals surface area contributed by atoms with E-state index in [2.05, 4.69) is 6.07 Å². The van der Waals surface area contributed by atoms with Gasteiger partial charge in [0.2, 0.25) is 12.3 Å². The van der Waals surface area contributed by atoms with Crippen LogP contribution in [-0.2, 0) is 23.9 Å². The Kier molecular flexibility index (Phi) is 5.53. The summed E-state index contributed by atoms with van der Waals surface area (Å²) in [6.45, 7) is 7.35. The van der Waals surface area contributed by atoms with E-state index < -0.39 is 16.6 Å². The first-order valence-corrected chi connectivity index (χ1v) is 11.2. The molecule has 2 aromatic carbocycles. The maximum absolute atomic E-state index is 14.2. The Morgan fingerprint density at radius 3 is 2.55 bits per heavy atom. The van der Waals surface area contributed by atoms with Gasteiger partial charge < -0.3 is 9.47 Å². The monoisotopic (exact) mass is 448 g/mol. The second-order valence-electron chi connectivity index (χ2n) is 9.49. The fourth-order valence-electron chi connectivity index (χ4n) is 5.90. The fraction of sp³-hybridized carbons (Fsp3) is 0.462. The molecule has 0 radical (unpaired) electrons. The molecule has 2 fully saturated rings. The molecule has 0 N–H and O–H groups in total. The molecule has 7 heteroatoms. The summed E-state index contributed by atoms with van der Waals surface area (Å²) in [5.41, 5.74) is -1.48. The maximum atomic E-state index is 14.2. The van der Waals surface area contributed by atoms with Crippen LogP contribution in [-0.4, -0.2) is 36.1 Å². The molecule has 0 spiro atoms. The largest absolute Gasteiger partial charge is 0.466 e. The van der Waals surface area contributed by atoms with Gasteiger partial charge in [-0.2, -0.15) is 5.26 Å². The summed E-state index contributed by atoms with van der Waals surface area (Å²) in [5.74, 6) is -0.911. The highest BCUT2D eigenvalue weighted by Gasteiger charge is 2.73. The third kappa shape index (κ3) is 3.24. The van der Waals surface area contributed by atoms with Gasteiger partial charge in [0.05, 0.1) is 40.5 Å². The number of ether oxygens (including phenoxy) is 2. The molecule has 2 unspecified atom stereocenters. The molecule has 2 aliphatic rings. The van der Waals surface area contributed by atoms with Crippen LogP contribution < -0.4 is 4.90 Å². The van der Waals surface area contributed by atoms with Crippen molar-refractivity contribution in [2.75, 3.05) is 11.5 Å². The van der Waals surface area contributed by atoms with Crippen molar-refractivity contribution < 1.29 is 23.9 Å². The van der Waals surface area contributed by atoms with Gasteiger partial charge in [0, 0.05) is 30.0 Å². The van der Waals surface area contributed by atoms with Gasteiger partial charge in [-0.15, -0.1) is 0 Å². The van der Waals surface area contributed by atoms with Crippen LogP contribution in [0, 0.1) is 22.7 Å². The van der Waals surface area contributed by atoms with Crippen LogP contribution in [0.15, 0.2) is 36.4 Å². The second-order valence-corrected chi connectivity index (χ2v) is 9.49. The van der Waals surface area contributed by atoms with Gasteiger partial charge in [-0.25, -0.2) is 0 Å². The number of rotatable bonds is 6. The number of fused-ring (bicyclic) bond motifs is 3. The van der Waals surface area contributed by atoms with E-state index in [9.17, 15) is 19.6 Å². The van der Waals surface area contributed by atoms with E-state index in [1.54, 1.807) is 24.3 Å². The minimum atomic E-state index is -1.02. The number of nitriles is 1. The molecule has 0 saturated carbocycles. The van der Waals surface area contributed by atoms with E-state index in [-0.39, 0.29) is 24.4 Å². The normalized spacial score (nSPS) is 30.1. The third-order valence-corrected chi connectivity index (χ3v) is 8.04. The first-order chi connectivity index (χ1) is 15.6. The van der Waals surface area contributed by atoms with Crippen molar-refractivity contribution in [2.24, 2.45) is 11.3 Å². The number of esters is 1. The second kappa shape index (κ2) is 7.96. The lowest BCUT2D eigenvalue weighted by Crippen LogP contribution is -2.58. The number of imide groups is 1. The number of benzene rings is 2. The molecule has 4 atom stereocenters. The number of carbonyl (C=O) groups is 3. The zero-order valence-corrected chi connectivity index (χ0v) is 19.4. The third-order valence-electron chi connectivity index (χ3n) is 8.04. The molecule has 2 saturated heterocycles. The molecule has 172 valence electrons. The van der Waals surface area contributed by atoms with E-state index in [0.29, 0.717) is 41.3 Å². The zero-order valence-electron chi connectivity index (χ0n) is 19.4. The van der Waals surface area contributed by atoms with Gasteiger partial charge in [0.1, 0.15) is 0 Å². The molecule has 7 nitrogen and oxygen atoms in total. The van der Waals surface area contributed by atoms with E-state index in [0.717, 1.165) is 11.3 Å². The standard InChI is InChI=1S/C26H28N2O5/c1-17-24(3)11-12-26(33-24,13-14-32-18(2)30)25(17,4)23(31)28(16-29)22-10-9-19(15-27)20-7-5-6-8-21(20)22/h5-10,16-17H,11-14H2,1-4H3/t17-,24?,25+,26?/m1/s1. The van der Waals surface area contributed by atoms with Gasteiger partial charge in [0.25, 0.3) is 0 Å². The SMILES string of the molecule is CC(=O)OCCC12CCC(C)(O1)[C@@H](C)[C@@]2(C)C(=O)N(C=O)c1ccc(C#N)c2ccccc12. The predicted octanol–water partition coefficient (Wildman–Crippen LogP) is 4.12. The van der Waals surface area contributed by atoms with Gasteiger partial charge in [-0.3, -0.25) is 19.3 Å². The average molecular weight is 449 g/mol. The Morgan fingerprint density at radius 1 is 1.21 bits per heavy atom. The Morgan fingerprint density at radius 2 is 1.91 bits per heavy atom. The molecule has 2 aromatic rings. The van der Waals surface area contributed by atoms with Gasteiger partial charge >= 0.3 is 5.97 Å². The summed E-state index contributed by atoms with van der Waals surface area (Å²) in [5, 5.41) is 10.8. The van der Waals surface area contributed by atoms with Crippen molar-refractivity contribution in [3.05, 3.63) is 42.0 Å². The highest BCUT2D eigenvalue weighted by molar-refractivity contribution is 6.15. The summed E-state index contributed by atoms with van der Waals surface area (Å²) < 4.78 is 11.7. The van der Waals surface area contributed by atoms with E-state index in [1.165, 1.54) is 6.92 Å². The van der Waals surface area contributed by atoms with E-state index in [1.807, 2.05) is 32.9 Å². The Bertz CT molecular complexity index is 1190. The van der Waals surface area contributed by atoms with E-state index >= 15 is 0 Å². The number of anilines is 1. The summed E-state index contributed by atoms with van der Waals surface area (Å²) in [6.07, 6.45) is 2.34. The van der Waals surface area contributed by atoms with Crippen LogP contribution in [0.25, 0.3) is 10.8 Å². The number of amides is 2. The van der Waals surface area contributed by atoms with Crippen LogP contribution in [0.2, 0.25) is 0 Å². The topological polar surface area (TPSA) is 96.7 Å². The van der Waals surface area contributed by atoms with Crippen LogP contribution in [0.4, 0.5) is 5.69 Å². The highest BCUT2D eigenvalue weighted by atomic mass is 16.6. The van der Waals surface area contributed by atoms with E-state index in [4.69, 9.17) is 9.47 Å². The van der Waals surface area contributed by atoms with Crippen LogP contribution in [0.5, 0.6) is 0 Å².